The fourth-order valence-corrected chi connectivity index (χ4v) is 1.90. The van der Waals surface area contributed by atoms with E-state index in [1.54, 1.807) is 55.7 Å². The molecule has 5 heteroatoms. The van der Waals surface area contributed by atoms with Crippen LogP contribution < -0.4 is 4.74 Å². The molecule has 0 saturated carbocycles. The van der Waals surface area contributed by atoms with E-state index in [1.807, 2.05) is 6.07 Å². The number of nitro benzene ring substituents is 1. The summed E-state index contributed by atoms with van der Waals surface area (Å²) in [4.78, 5) is 10.5. The maximum Gasteiger partial charge on any atom is 0.277 e. The largest absolute Gasteiger partial charge is 0.497 e. The summed E-state index contributed by atoms with van der Waals surface area (Å²) in [6, 6.07) is 15.3. The first-order valence-electron chi connectivity index (χ1n) is 6.15. The summed E-state index contributed by atoms with van der Waals surface area (Å²) in [6.45, 7) is 0. The molecule has 2 aromatic carbocycles. The molecule has 104 valence electrons. The van der Waals surface area contributed by atoms with E-state index in [1.165, 1.54) is 6.07 Å². The number of allylic oxidation sites excluding steroid dienone is 1. The predicted octanol–water partition coefficient (Wildman–Crippen LogP) is 3.67. The Morgan fingerprint density at radius 1 is 1.24 bits per heavy atom. The number of para-hydroxylation sites is 1. The molecule has 0 saturated heterocycles. The summed E-state index contributed by atoms with van der Waals surface area (Å²) in [6.07, 6.45) is 1.61. The van der Waals surface area contributed by atoms with Gasteiger partial charge in [-0.15, -0.1) is 0 Å². The highest BCUT2D eigenvalue weighted by Crippen LogP contribution is 2.27. The third-order valence-corrected chi connectivity index (χ3v) is 2.94. The van der Waals surface area contributed by atoms with Gasteiger partial charge in [0, 0.05) is 6.07 Å². The summed E-state index contributed by atoms with van der Waals surface area (Å²) in [5.41, 5.74) is 1.23. The number of benzene rings is 2. The van der Waals surface area contributed by atoms with Crippen molar-refractivity contribution < 1.29 is 9.66 Å². The molecule has 2 aromatic rings. The van der Waals surface area contributed by atoms with Crippen molar-refractivity contribution in [2.24, 2.45) is 0 Å². The average molecular weight is 280 g/mol. The Labute approximate surface area is 121 Å². The zero-order chi connectivity index (χ0) is 15.2. The van der Waals surface area contributed by atoms with Crippen LogP contribution in [-0.2, 0) is 0 Å². The Hall–Kier alpha value is -3.13. The fourth-order valence-electron chi connectivity index (χ4n) is 1.90. The molecule has 5 nitrogen and oxygen atoms in total. The lowest BCUT2D eigenvalue weighted by Crippen LogP contribution is -1.93. The lowest BCUT2D eigenvalue weighted by Gasteiger charge is -2.02. The van der Waals surface area contributed by atoms with Crippen LogP contribution in [0.4, 0.5) is 5.69 Å². The van der Waals surface area contributed by atoms with E-state index < -0.39 is 4.92 Å². The van der Waals surface area contributed by atoms with Crippen molar-refractivity contribution >= 4 is 17.3 Å². The molecule has 0 atom stereocenters. The van der Waals surface area contributed by atoms with Crippen LogP contribution in [0.5, 0.6) is 5.75 Å². The highest BCUT2D eigenvalue weighted by molar-refractivity contribution is 5.92. The molecular weight excluding hydrogens is 268 g/mol. The van der Waals surface area contributed by atoms with Gasteiger partial charge >= 0.3 is 0 Å². The van der Waals surface area contributed by atoms with Crippen LogP contribution in [0.2, 0.25) is 0 Å². The van der Waals surface area contributed by atoms with Gasteiger partial charge in [-0.3, -0.25) is 10.1 Å². The minimum absolute atomic E-state index is 0.0844. The average Bonchev–Trinajstić information content (AvgIpc) is 2.53. The van der Waals surface area contributed by atoms with Crippen molar-refractivity contribution in [3.8, 4) is 11.8 Å². The second kappa shape index (κ2) is 6.35. The molecular formula is C16H12N2O3. The van der Waals surface area contributed by atoms with Crippen LogP contribution in [0.25, 0.3) is 11.6 Å². The number of hydrogen-bond donors (Lipinski definition) is 0. The van der Waals surface area contributed by atoms with Gasteiger partial charge in [0.1, 0.15) is 11.8 Å². The van der Waals surface area contributed by atoms with E-state index in [9.17, 15) is 15.4 Å². The van der Waals surface area contributed by atoms with E-state index in [4.69, 9.17) is 4.74 Å². The van der Waals surface area contributed by atoms with Crippen molar-refractivity contribution in [1.29, 1.82) is 5.26 Å². The molecule has 0 spiro atoms. The van der Waals surface area contributed by atoms with Crippen LogP contribution in [0.15, 0.2) is 48.5 Å². The number of nitriles is 1. The minimum Gasteiger partial charge on any atom is -0.497 e. The number of rotatable bonds is 4. The fraction of sp³-hybridized carbons (Fsp3) is 0.0625. The number of methoxy groups -OCH3 is 1. The SMILES string of the molecule is COc1ccc(/C=C(\C#N)c2ccccc2[N+](=O)[O-])cc1. The van der Waals surface area contributed by atoms with E-state index in [-0.39, 0.29) is 11.3 Å². The van der Waals surface area contributed by atoms with Gasteiger partial charge in [0.15, 0.2) is 0 Å². The molecule has 0 amide bonds. The standard InChI is InChI=1S/C16H12N2O3/c1-21-14-8-6-12(7-9-14)10-13(11-17)15-4-2-3-5-16(15)18(19)20/h2-10H,1H3/b13-10+. The van der Waals surface area contributed by atoms with Crippen LogP contribution in [0, 0.1) is 21.4 Å². The molecule has 0 radical (unpaired) electrons. The summed E-state index contributed by atoms with van der Waals surface area (Å²) in [7, 11) is 1.57. The van der Waals surface area contributed by atoms with E-state index in [0.717, 1.165) is 5.56 Å². The predicted molar refractivity (Wildman–Crippen MR) is 79.6 cm³/mol. The van der Waals surface area contributed by atoms with Gasteiger partial charge in [0.2, 0.25) is 0 Å². The van der Waals surface area contributed by atoms with Gasteiger partial charge in [-0.1, -0.05) is 24.3 Å². The normalized spacial score (nSPS) is 10.8. The molecule has 0 heterocycles. The van der Waals surface area contributed by atoms with Gasteiger partial charge in [-0.05, 0) is 29.8 Å². The topological polar surface area (TPSA) is 76.2 Å². The Bertz CT molecular complexity index is 728. The third kappa shape index (κ3) is 3.25. The maximum atomic E-state index is 11.0. The first-order valence-corrected chi connectivity index (χ1v) is 6.15. The van der Waals surface area contributed by atoms with Crippen molar-refractivity contribution in [3.63, 3.8) is 0 Å². The number of nitro groups is 1. The summed E-state index contributed by atoms with van der Waals surface area (Å²) in [5.74, 6) is 0.705. The first-order chi connectivity index (χ1) is 10.2. The zero-order valence-electron chi connectivity index (χ0n) is 11.3. The second-order valence-electron chi connectivity index (χ2n) is 4.22. The molecule has 0 bridgehead atoms. The summed E-state index contributed by atoms with van der Waals surface area (Å²) in [5, 5.41) is 20.3. The molecule has 0 aliphatic rings. The number of hydrogen-bond acceptors (Lipinski definition) is 4. The van der Waals surface area contributed by atoms with Crippen molar-refractivity contribution in [2.45, 2.75) is 0 Å². The third-order valence-electron chi connectivity index (χ3n) is 2.94. The summed E-state index contributed by atoms with van der Waals surface area (Å²) < 4.78 is 5.06. The van der Waals surface area contributed by atoms with Gasteiger partial charge in [-0.25, -0.2) is 0 Å². The minimum atomic E-state index is -0.492. The van der Waals surface area contributed by atoms with Crippen LogP contribution in [-0.4, -0.2) is 12.0 Å². The lowest BCUT2D eigenvalue weighted by molar-refractivity contribution is -0.385. The van der Waals surface area contributed by atoms with E-state index in [2.05, 4.69) is 0 Å². The van der Waals surface area contributed by atoms with Crippen molar-refractivity contribution in [2.75, 3.05) is 7.11 Å². The number of ether oxygens (including phenoxy) is 1. The molecule has 0 aromatic heterocycles. The first kappa shape index (κ1) is 14.3. The number of nitrogens with zero attached hydrogens (tertiary/aromatic N) is 2. The van der Waals surface area contributed by atoms with Crippen molar-refractivity contribution in [1.82, 2.24) is 0 Å². The van der Waals surface area contributed by atoms with E-state index in [0.29, 0.717) is 11.3 Å². The Morgan fingerprint density at radius 2 is 1.90 bits per heavy atom. The second-order valence-corrected chi connectivity index (χ2v) is 4.22. The van der Waals surface area contributed by atoms with Crippen LogP contribution in [0.1, 0.15) is 11.1 Å². The molecule has 0 aliphatic carbocycles. The Balaban J connectivity index is 2.46. The molecule has 2 rings (SSSR count). The van der Waals surface area contributed by atoms with E-state index >= 15 is 0 Å². The molecule has 21 heavy (non-hydrogen) atoms. The van der Waals surface area contributed by atoms with Crippen molar-refractivity contribution in [3.05, 3.63) is 69.8 Å². The Morgan fingerprint density at radius 3 is 2.48 bits per heavy atom. The summed E-state index contributed by atoms with van der Waals surface area (Å²) >= 11 is 0. The molecule has 0 unspecified atom stereocenters. The van der Waals surface area contributed by atoms with Gasteiger partial charge < -0.3 is 4.74 Å². The Kier molecular flexibility index (Phi) is 4.32. The monoisotopic (exact) mass is 280 g/mol. The van der Waals surface area contributed by atoms with Gasteiger partial charge in [-0.2, -0.15) is 5.26 Å². The highest BCUT2D eigenvalue weighted by Gasteiger charge is 2.15. The smallest absolute Gasteiger partial charge is 0.277 e. The highest BCUT2D eigenvalue weighted by atomic mass is 16.6. The zero-order valence-corrected chi connectivity index (χ0v) is 11.3. The lowest BCUT2D eigenvalue weighted by atomic mass is 10.0. The van der Waals surface area contributed by atoms with Crippen LogP contribution in [0.3, 0.4) is 0 Å². The van der Waals surface area contributed by atoms with Gasteiger partial charge in [0.05, 0.1) is 23.2 Å². The quantitative estimate of drug-likeness (QED) is 0.370. The maximum absolute atomic E-state index is 11.0. The van der Waals surface area contributed by atoms with Crippen LogP contribution >= 0.6 is 0 Å². The molecule has 0 fully saturated rings. The van der Waals surface area contributed by atoms with Gasteiger partial charge in [0.25, 0.3) is 5.69 Å². The molecule has 0 N–H and O–H groups in total. The molecule has 0 aliphatic heterocycles.